The molecule has 0 saturated heterocycles. The summed E-state index contributed by atoms with van der Waals surface area (Å²) in [5, 5.41) is 2.24. The average molecular weight is 375 g/mol. The van der Waals surface area contributed by atoms with Crippen LogP contribution in [0.25, 0.3) is 6.08 Å². The Balaban J connectivity index is 1.89. The molecule has 142 valence electrons. The van der Waals surface area contributed by atoms with Crippen LogP contribution >= 0.6 is 0 Å². The minimum absolute atomic E-state index is 0.200. The first-order valence-electron chi connectivity index (χ1n) is 8.26. The zero-order chi connectivity index (χ0) is 19.8. The van der Waals surface area contributed by atoms with Crippen LogP contribution in [0.2, 0.25) is 0 Å². The quantitative estimate of drug-likeness (QED) is 0.588. The zero-order valence-electron chi connectivity index (χ0n) is 14.9. The number of nitrogens with one attached hydrogen (secondary N) is 1. The van der Waals surface area contributed by atoms with Crippen molar-refractivity contribution in [2.24, 2.45) is 0 Å². The maximum absolute atomic E-state index is 13.5. The molecule has 0 aliphatic carbocycles. The van der Waals surface area contributed by atoms with Crippen LogP contribution in [0.1, 0.15) is 19.4 Å². The number of ether oxygens (including phenoxy) is 2. The van der Waals surface area contributed by atoms with Crippen LogP contribution in [0.3, 0.4) is 0 Å². The van der Waals surface area contributed by atoms with Crippen molar-refractivity contribution in [3.05, 3.63) is 65.7 Å². The van der Waals surface area contributed by atoms with Gasteiger partial charge in [0.15, 0.2) is 6.10 Å². The molecule has 2 rings (SSSR count). The highest BCUT2D eigenvalue weighted by Gasteiger charge is 2.18. The number of carbonyl (C=O) groups is 2. The molecule has 0 bridgehead atoms. The van der Waals surface area contributed by atoms with E-state index in [2.05, 4.69) is 5.32 Å². The van der Waals surface area contributed by atoms with Gasteiger partial charge in [0.1, 0.15) is 17.4 Å². The first kappa shape index (κ1) is 20.1. The molecule has 0 aliphatic heterocycles. The van der Waals surface area contributed by atoms with Gasteiger partial charge in [-0.1, -0.05) is 12.1 Å². The van der Waals surface area contributed by atoms with Gasteiger partial charge in [-0.15, -0.1) is 0 Å². The Morgan fingerprint density at radius 2 is 1.85 bits per heavy atom. The number of carbonyl (C=O) groups excluding carboxylic acids is 2. The topological polar surface area (TPSA) is 64.6 Å². The summed E-state index contributed by atoms with van der Waals surface area (Å²) in [6, 6.07) is 9.80. The second-order valence-electron chi connectivity index (χ2n) is 5.53. The third-order valence-electron chi connectivity index (χ3n) is 3.45. The highest BCUT2D eigenvalue weighted by atomic mass is 19.1. The molecule has 1 atom stereocenters. The molecule has 1 N–H and O–H groups in total. The lowest BCUT2D eigenvalue weighted by molar-refractivity contribution is -0.148. The first-order chi connectivity index (χ1) is 12.9. The lowest BCUT2D eigenvalue weighted by Crippen LogP contribution is -2.29. The maximum atomic E-state index is 13.5. The highest BCUT2D eigenvalue weighted by molar-refractivity contribution is 5.96. The van der Waals surface area contributed by atoms with Gasteiger partial charge in [-0.25, -0.2) is 13.6 Å². The molecule has 5 nitrogen and oxygen atoms in total. The second kappa shape index (κ2) is 9.47. The standard InChI is InChI=1S/C20H19F2NO4/c1-3-26-16-8-4-14(5-9-16)6-11-19(24)27-13(2)20(25)23-18-10-7-15(21)12-17(18)22/h4-13H,3H2,1-2H3,(H,23,25)/b11-6+/t13-/m1/s1. The van der Waals surface area contributed by atoms with Crippen molar-refractivity contribution in [3.63, 3.8) is 0 Å². The van der Waals surface area contributed by atoms with Gasteiger partial charge >= 0.3 is 5.97 Å². The van der Waals surface area contributed by atoms with E-state index in [1.807, 2.05) is 6.92 Å². The normalized spacial score (nSPS) is 11.9. The number of benzene rings is 2. The summed E-state index contributed by atoms with van der Waals surface area (Å²) in [6.07, 6.45) is 1.55. The smallest absolute Gasteiger partial charge is 0.331 e. The first-order valence-corrected chi connectivity index (χ1v) is 8.26. The van der Waals surface area contributed by atoms with Crippen molar-refractivity contribution in [1.29, 1.82) is 0 Å². The Morgan fingerprint density at radius 3 is 2.48 bits per heavy atom. The minimum Gasteiger partial charge on any atom is -0.494 e. The van der Waals surface area contributed by atoms with E-state index in [0.29, 0.717) is 12.7 Å². The number of amides is 1. The molecule has 7 heteroatoms. The third kappa shape index (κ3) is 6.22. The van der Waals surface area contributed by atoms with Crippen LogP contribution < -0.4 is 10.1 Å². The molecular weight excluding hydrogens is 356 g/mol. The molecule has 0 radical (unpaired) electrons. The fourth-order valence-corrected chi connectivity index (χ4v) is 2.10. The van der Waals surface area contributed by atoms with E-state index in [1.54, 1.807) is 24.3 Å². The molecule has 1 amide bonds. The summed E-state index contributed by atoms with van der Waals surface area (Å²) in [5.74, 6) is -2.42. The van der Waals surface area contributed by atoms with Crippen LogP contribution in [0.4, 0.5) is 14.5 Å². The summed E-state index contributed by atoms with van der Waals surface area (Å²) in [5.41, 5.74) is 0.551. The lowest BCUT2D eigenvalue weighted by Gasteiger charge is -2.12. The fraction of sp³-hybridized carbons (Fsp3) is 0.200. The van der Waals surface area contributed by atoms with Crippen molar-refractivity contribution in [2.75, 3.05) is 11.9 Å². The van der Waals surface area contributed by atoms with Gasteiger partial charge in [0.2, 0.25) is 0 Å². The van der Waals surface area contributed by atoms with E-state index >= 15 is 0 Å². The lowest BCUT2D eigenvalue weighted by atomic mass is 10.2. The fourth-order valence-electron chi connectivity index (χ4n) is 2.10. The van der Waals surface area contributed by atoms with Crippen molar-refractivity contribution < 1.29 is 27.8 Å². The Bertz CT molecular complexity index is 834. The number of hydrogen-bond donors (Lipinski definition) is 1. The van der Waals surface area contributed by atoms with Gasteiger partial charge in [-0.05, 0) is 49.8 Å². The summed E-state index contributed by atoms with van der Waals surface area (Å²) >= 11 is 0. The number of halogens is 2. The highest BCUT2D eigenvalue weighted by Crippen LogP contribution is 2.16. The van der Waals surface area contributed by atoms with E-state index < -0.39 is 29.6 Å². The van der Waals surface area contributed by atoms with Gasteiger partial charge in [-0.3, -0.25) is 4.79 Å². The van der Waals surface area contributed by atoms with E-state index in [0.717, 1.165) is 23.4 Å². The average Bonchev–Trinajstić information content (AvgIpc) is 2.63. The van der Waals surface area contributed by atoms with E-state index in [4.69, 9.17) is 9.47 Å². The Hall–Kier alpha value is -3.22. The number of anilines is 1. The molecule has 0 aromatic heterocycles. The Labute approximate surface area is 155 Å². The molecule has 0 heterocycles. The zero-order valence-corrected chi connectivity index (χ0v) is 14.9. The van der Waals surface area contributed by atoms with E-state index in [1.165, 1.54) is 19.1 Å². The monoisotopic (exact) mass is 375 g/mol. The number of hydrogen-bond acceptors (Lipinski definition) is 4. The van der Waals surface area contributed by atoms with Crippen LogP contribution in [-0.2, 0) is 14.3 Å². The molecule has 0 fully saturated rings. The van der Waals surface area contributed by atoms with Gasteiger partial charge in [-0.2, -0.15) is 0 Å². The predicted octanol–water partition coefficient (Wildman–Crippen LogP) is 3.95. The van der Waals surface area contributed by atoms with Crippen molar-refractivity contribution >= 4 is 23.6 Å². The number of rotatable bonds is 7. The Kier molecular flexibility index (Phi) is 7.05. The number of esters is 1. The van der Waals surface area contributed by atoms with E-state index in [9.17, 15) is 18.4 Å². The summed E-state index contributed by atoms with van der Waals surface area (Å²) in [7, 11) is 0. The van der Waals surface area contributed by atoms with Crippen molar-refractivity contribution in [3.8, 4) is 5.75 Å². The molecule has 2 aromatic rings. The largest absolute Gasteiger partial charge is 0.494 e. The van der Waals surface area contributed by atoms with Gasteiger partial charge in [0, 0.05) is 12.1 Å². The minimum atomic E-state index is -1.16. The summed E-state index contributed by atoms with van der Waals surface area (Å²) in [4.78, 5) is 23.8. The van der Waals surface area contributed by atoms with E-state index in [-0.39, 0.29) is 5.69 Å². The molecule has 0 aliphatic rings. The van der Waals surface area contributed by atoms with Gasteiger partial charge < -0.3 is 14.8 Å². The Morgan fingerprint density at radius 1 is 1.15 bits per heavy atom. The van der Waals surface area contributed by atoms with Gasteiger partial charge in [0.25, 0.3) is 5.91 Å². The second-order valence-corrected chi connectivity index (χ2v) is 5.53. The SMILES string of the molecule is CCOc1ccc(/C=C/C(=O)O[C@H](C)C(=O)Nc2ccc(F)cc2F)cc1. The molecule has 2 aromatic carbocycles. The summed E-state index contributed by atoms with van der Waals surface area (Å²) in [6.45, 7) is 3.79. The molecule has 0 spiro atoms. The van der Waals surface area contributed by atoms with Crippen LogP contribution in [0.15, 0.2) is 48.5 Å². The van der Waals surface area contributed by atoms with Gasteiger partial charge in [0.05, 0.1) is 12.3 Å². The predicted molar refractivity (Wildman–Crippen MR) is 97.2 cm³/mol. The van der Waals surface area contributed by atoms with Crippen LogP contribution in [0.5, 0.6) is 5.75 Å². The third-order valence-corrected chi connectivity index (χ3v) is 3.45. The molecule has 27 heavy (non-hydrogen) atoms. The molecule has 0 unspecified atom stereocenters. The van der Waals surface area contributed by atoms with Crippen molar-refractivity contribution in [1.82, 2.24) is 0 Å². The summed E-state index contributed by atoms with van der Waals surface area (Å²) < 4.78 is 36.7. The van der Waals surface area contributed by atoms with Crippen LogP contribution in [0, 0.1) is 11.6 Å². The maximum Gasteiger partial charge on any atom is 0.331 e. The van der Waals surface area contributed by atoms with Crippen molar-refractivity contribution in [2.45, 2.75) is 20.0 Å². The molecule has 0 saturated carbocycles. The molecular formula is C20H19F2NO4. The van der Waals surface area contributed by atoms with Crippen LogP contribution in [-0.4, -0.2) is 24.6 Å².